The van der Waals surface area contributed by atoms with E-state index in [1.807, 2.05) is 0 Å². The molecule has 3 saturated carbocycles. The summed E-state index contributed by atoms with van der Waals surface area (Å²) in [4.78, 5) is 0. The largest absolute Gasteiger partial charge is 0.153 e. The third-order valence-electron chi connectivity index (χ3n) is 13.8. The van der Waals surface area contributed by atoms with E-state index in [0.717, 1.165) is 55.2 Å². The Hall–Kier alpha value is 1.05. The normalized spacial score (nSPS) is 34.8. The van der Waals surface area contributed by atoms with Gasteiger partial charge in [-0.2, -0.15) is 35.3 Å². The van der Waals surface area contributed by atoms with Crippen molar-refractivity contribution in [3.8, 4) is 0 Å². The van der Waals surface area contributed by atoms with E-state index in [1.165, 1.54) is 116 Å². The van der Waals surface area contributed by atoms with Crippen molar-refractivity contribution in [3.63, 3.8) is 0 Å². The van der Waals surface area contributed by atoms with Crippen molar-refractivity contribution in [2.24, 2.45) is 23.7 Å². The molecule has 9 atom stereocenters. The summed E-state index contributed by atoms with van der Waals surface area (Å²) >= 11 is 6.86. The van der Waals surface area contributed by atoms with Crippen LogP contribution in [0.5, 0.6) is 0 Å². The highest BCUT2D eigenvalue weighted by Gasteiger charge is 2.44. The molecule has 0 bridgehead atoms. The first kappa shape index (κ1) is 36.8. The van der Waals surface area contributed by atoms with Crippen LogP contribution in [0.15, 0.2) is 0 Å². The lowest BCUT2D eigenvalue weighted by atomic mass is 9.85. The molecule has 6 rings (SSSR count). The van der Waals surface area contributed by atoms with Crippen LogP contribution in [0.4, 0.5) is 0 Å². The Morgan fingerprint density at radius 1 is 0.304 bits per heavy atom. The molecule has 6 fully saturated rings. The second-order valence-corrected chi connectivity index (χ2v) is 22.1. The second kappa shape index (κ2) is 20.8. The molecule has 266 valence electrons. The standard InChI is InChI=1S/C43H76S3/c1(4-10-16-22-35-25-28-38-41(31-35)44-38)7-13-19-34(20-14-8-2-5-11-17-23-36-26-29-39-42(32-36)45-39)21-15-9-3-6-12-18-24-37-27-30-40-43(33-37)46-40/h34-43H,1-33H2. The monoisotopic (exact) mass is 689 g/mol. The molecule has 0 amide bonds. The molecule has 46 heavy (non-hydrogen) atoms. The van der Waals surface area contributed by atoms with Crippen LogP contribution in [0, 0.1) is 23.7 Å². The number of thioether (sulfide) groups is 3. The van der Waals surface area contributed by atoms with E-state index in [9.17, 15) is 0 Å². The van der Waals surface area contributed by atoms with Crippen LogP contribution in [-0.2, 0) is 0 Å². The highest BCUT2D eigenvalue weighted by atomic mass is 32.2. The fourth-order valence-corrected chi connectivity index (χ4v) is 14.2. The number of rotatable bonds is 27. The van der Waals surface area contributed by atoms with Gasteiger partial charge in [-0.05, 0) is 81.5 Å². The van der Waals surface area contributed by atoms with E-state index in [0.29, 0.717) is 0 Å². The van der Waals surface area contributed by atoms with Crippen molar-refractivity contribution < 1.29 is 0 Å². The van der Waals surface area contributed by atoms with Crippen LogP contribution in [-0.4, -0.2) is 31.5 Å². The predicted molar refractivity (Wildman–Crippen MR) is 212 cm³/mol. The van der Waals surface area contributed by atoms with Gasteiger partial charge in [0.1, 0.15) is 0 Å². The summed E-state index contributed by atoms with van der Waals surface area (Å²) < 4.78 is 0. The van der Waals surface area contributed by atoms with Crippen molar-refractivity contribution in [2.75, 3.05) is 0 Å². The van der Waals surface area contributed by atoms with Gasteiger partial charge in [0, 0.05) is 31.5 Å². The fourth-order valence-electron chi connectivity index (χ4n) is 10.4. The lowest BCUT2D eigenvalue weighted by Crippen LogP contribution is -2.13. The molecule has 0 aromatic rings. The first-order valence-electron chi connectivity index (χ1n) is 21.8. The zero-order valence-corrected chi connectivity index (χ0v) is 32.8. The Morgan fingerprint density at radius 3 is 0.891 bits per heavy atom. The van der Waals surface area contributed by atoms with Crippen LogP contribution >= 0.6 is 35.3 Å². The molecule has 0 spiro atoms. The Bertz CT molecular complexity index is 709. The highest BCUT2D eigenvalue weighted by Crippen LogP contribution is 2.54. The molecule has 9 unspecified atom stereocenters. The molecule has 6 aliphatic rings. The van der Waals surface area contributed by atoms with E-state index in [4.69, 9.17) is 0 Å². The van der Waals surface area contributed by atoms with Gasteiger partial charge in [0.05, 0.1) is 0 Å². The van der Waals surface area contributed by atoms with Crippen molar-refractivity contribution in [3.05, 3.63) is 0 Å². The molecular formula is C43H76S3. The Kier molecular flexibility index (Phi) is 16.6. The van der Waals surface area contributed by atoms with Gasteiger partial charge in [-0.3, -0.25) is 0 Å². The van der Waals surface area contributed by atoms with E-state index >= 15 is 0 Å². The van der Waals surface area contributed by atoms with Gasteiger partial charge < -0.3 is 0 Å². The number of hydrogen-bond acceptors (Lipinski definition) is 3. The Balaban J connectivity index is 0.754. The van der Waals surface area contributed by atoms with Gasteiger partial charge in [-0.25, -0.2) is 0 Å². The van der Waals surface area contributed by atoms with Crippen LogP contribution in [0.25, 0.3) is 0 Å². The van der Waals surface area contributed by atoms with Crippen LogP contribution in [0.2, 0.25) is 0 Å². The van der Waals surface area contributed by atoms with Gasteiger partial charge in [0.25, 0.3) is 0 Å². The van der Waals surface area contributed by atoms with Gasteiger partial charge in [0.15, 0.2) is 0 Å². The molecule has 0 nitrogen and oxygen atoms in total. The minimum absolute atomic E-state index is 1.04. The van der Waals surface area contributed by atoms with E-state index in [1.54, 1.807) is 96.3 Å². The SMILES string of the molecule is C(CCCCC1CCC2SC2C1)CCCC(CCCCCCCCC1CCC2SC2C1)CCCCCCCCC1CCC2SC2C1. The zero-order valence-electron chi connectivity index (χ0n) is 30.3. The third kappa shape index (κ3) is 14.0. The van der Waals surface area contributed by atoms with E-state index < -0.39 is 0 Å². The molecule has 3 heteroatoms. The first-order chi connectivity index (χ1) is 22.8. The minimum Gasteiger partial charge on any atom is -0.153 e. The number of unbranched alkanes of at least 4 members (excludes halogenated alkanes) is 15. The molecule has 3 heterocycles. The highest BCUT2D eigenvalue weighted by molar-refractivity contribution is 8.08. The summed E-state index contributed by atoms with van der Waals surface area (Å²) in [6.45, 7) is 0. The summed E-state index contributed by atoms with van der Waals surface area (Å²) in [5, 5.41) is 6.55. The maximum absolute atomic E-state index is 2.29. The zero-order chi connectivity index (χ0) is 31.2. The molecule has 0 radical (unpaired) electrons. The Labute approximate surface area is 300 Å². The maximum atomic E-state index is 2.29. The van der Waals surface area contributed by atoms with Crippen molar-refractivity contribution in [1.82, 2.24) is 0 Å². The van der Waals surface area contributed by atoms with Crippen LogP contribution in [0.3, 0.4) is 0 Å². The Morgan fingerprint density at radius 2 is 0.587 bits per heavy atom. The topological polar surface area (TPSA) is 0 Å². The summed E-state index contributed by atoms with van der Waals surface area (Å²) in [7, 11) is 0. The minimum atomic E-state index is 1.04. The van der Waals surface area contributed by atoms with Crippen LogP contribution in [0.1, 0.15) is 212 Å². The van der Waals surface area contributed by atoms with Crippen molar-refractivity contribution in [2.45, 2.75) is 243 Å². The van der Waals surface area contributed by atoms with Gasteiger partial charge in [-0.1, -0.05) is 154 Å². The molecular weight excluding hydrogens is 613 g/mol. The predicted octanol–water partition coefficient (Wildman–Crippen LogP) is 14.8. The molecule has 0 N–H and O–H groups in total. The average molecular weight is 689 g/mol. The van der Waals surface area contributed by atoms with Crippen LogP contribution < -0.4 is 0 Å². The lowest BCUT2D eigenvalue weighted by molar-refractivity contribution is 0.350. The summed E-state index contributed by atoms with van der Waals surface area (Å²) in [5.41, 5.74) is 0. The summed E-state index contributed by atoms with van der Waals surface area (Å²) in [6.07, 6.45) is 50.6. The lowest BCUT2D eigenvalue weighted by Gasteiger charge is -2.20. The molecule has 0 aromatic heterocycles. The fraction of sp³-hybridized carbons (Fsp3) is 1.00. The van der Waals surface area contributed by atoms with Gasteiger partial charge in [-0.15, -0.1) is 0 Å². The second-order valence-electron chi connectivity index (χ2n) is 17.6. The summed E-state index contributed by atoms with van der Waals surface area (Å²) in [6, 6.07) is 0. The first-order valence-corrected chi connectivity index (χ1v) is 24.6. The van der Waals surface area contributed by atoms with E-state index in [-0.39, 0.29) is 0 Å². The smallest absolute Gasteiger partial charge is 0.0172 e. The van der Waals surface area contributed by atoms with Crippen molar-refractivity contribution in [1.29, 1.82) is 0 Å². The number of fused-ring (bicyclic) bond motifs is 3. The van der Waals surface area contributed by atoms with Gasteiger partial charge >= 0.3 is 0 Å². The maximum Gasteiger partial charge on any atom is 0.0172 e. The molecule has 3 aliphatic carbocycles. The summed E-state index contributed by atoms with van der Waals surface area (Å²) in [5.74, 6) is 4.32. The quantitative estimate of drug-likeness (QED) is 0.0623. The average Bonchev–Trinajstić information content (AvgIpc) is 3.96. The van der Waals surface area contributed by atoms with Gasteiger partial charge in [0.2, 0.25) is 0 Å². The van der Waals surface area contributed by atoms with E-state index in [2.05, 4.69) is 35.3 Å². The number of hydrogen-bond donors (Lipinski definition) is 0. The molecule has 0 aromatic carbocycles. The molecule has 3 aliphatic heterocycles. The molecule has 3 saturated heterocycles. The third-order valence-corrected chi connectivity index (χ3v) is 18.2. The van der Waals surface area contributed by atoms with Crippen molar-refractivity contribution >= 4 is 35.3 Å².